The predicted molar refractivity (Wildman–Crippen MR) is 103 cm³/mol. The van der Waals surface area contributed by atoms with Gasteiger partial charge in [0.2, 0.25) is 0 Å². The summed E-state index contributed by atoms with van der Waals surface area (Å²) in [6.45, 7) is 11.0. The van der Waals surface area contributed by atoms with E-state index in [0.717, 1.165) is 29.0 Å². The van der Waals surface area contributed by atoms with Crippen LogP contribution in [-0.2, 0) is 9.59 Å². The SMILES string of the molecule is CC[C@@H](C)N(C(=O)C[NH+](C)CC(=O)Nc1ccc(C)cc1)[C@@H](C)CC. The third-order valence-electron chi connectivity index (χ3n) is 4.67. The summed E-state index contributed by atoms with van der Waals surface area (Å²) in [5, 5.41) is 2.89. The molecule has 25 heavy (non-hydrogen) atoms. The van der Waals surface area contributed by atoms with Gasteiger partial charge in [0.25, 0.3) is 11.8 Å². The summed E-state index contributed by atoms with van der Waals surface area (Å²) < 4.78 is 0. The van der Waals surface area contributed by atoms with E-state index in [1.807, 2.05) is 43.1 Å². The van der Waals surface area contributed by atoms with Gasteiger partial charge in [-0.3, -0.25) is 9.59 Å². The van der Waals surface area contributed by atoms with Crippen molar-refractivity contribution in [1.82, 2.24) is 4.90 Å². The third-order valence-corrected chi connectivity index (χ3v) is 4.67. The molecule has 140 valence electrons. The molecule has 0 heterocycles. The molecule has 0 aliphatic rings. The Morgan fingerprint density at radius 1 is 1.04 bits per heavy atom. The van der Waals surface area contributed by atoms with E-state index in [-0.39, 0.29) is 30.4 Å². The Labute approximate surface area is 152 Å². The number of amides is 2. The number of carbonyl (C=O) groups is 2. The van der Waals surface area contributed by atoms with Gasteiger partial charge in [-0.15, -0.1) is 0 Å². The van der Waals surface area contributed by atoms with Gasteiger partial charge < -0.3 is 15.1 Å². The normalized spacial score (nSPS) is 14.5. The van der Waals surface area contributed by atoms with Gasteiger partial charge >= 0.3 is 0 Å². The number of quaternary nitrogens is 1. The van der Waals surface area contributed by atoms with E-state index in [0.29, 0.717) is 6.54 Å². The van der Waals surface area contributed by atoms with Crippen LogP contribution in [0.2, 0.25) is 0 Å². The first kappa shape index (κ1) is 21.2. The number of likely N-dealkylation sites (N-methyl/N-ethyl adjacent to an activating group) is 1. The van der Waals surface area contributed by atoms with Crippen molar-refractivity contribution in [3.63, 3.8) is 0 Å². The number of hydrogen-bond donors (Lipinski definition) is 2. The minimum absolute atomic E-state index is 0.0761. The summed E-state index contributed by atoms with van der Waals surface area (Å²) >= 11 is 0. The summed E-state index contributed by atoms with van der Waals surface area (Å²) in [6.07, 6.45) is 1.87. The Morgan fingerprint density at radius 3 is 2.04 bits per heavy atom. The molecule has 0 spiro atoms. The van der Waals surface area contributed by atoms with Gasteiger partial charge in [-0.2, -0.15) is 0 Å². The van der Waals surface area contributed by atoms with E-state index in [1.54, 1.807) is 0 Å². The number of benzene rings is 1. The number of rotatable bonds is 9. The topological polar surface area (TPSA) is 53.9 Å². The van der Waals surface area contributed by atoms with Crippen LogP contribution >= 0.6 is 0 Å². The number of carbonyl (C=O) groups excluding carboxylic acids is 2. The highest BCUT2D eigenvalue weighted by Crippen LogP contribution is 2.11. The van der Waals surface area contributed by atoms with Crippen molar-refractivity contribution in [2.24, 2.45) is 0 Å². The second-order valence-electron chi connectivity index (χ2n) is 7.04. The molecule has 3 atom stereocenters. The zero-order valence-corrected chi connectivity index (χ0v) is 16.6. The fourth-order valence-corrected chi connectivity index (χ4v) is 2.85. The highest BCUT2D eigenvalue weighted by molar-refractivity contribution is 5.91. The molecule has 5 nitrogen and oxygen atoms in total. The van der Waals surface area contributed by atoms with Crippen molar-refractivity contribution in [1.29, 1.82) is 0 Å². The fourth-order valence-electron chi connectivity index (χ4n) is 2.85. The Kier molecular flexibility index (Phi) is 8.62. The summed E-state index contributed by atoms with van der Waals surface area (Å²) in [6, 6.07) is 8.15. The zero-order valence-electron chi connectivity index (χ0n) is 16.6. The van der Waals surface area contributed by atoms with E-state index in [1.165, 1.54) is 0 Å². The van der Waals surface area contributed by atoms with Gasteiger partial charge in [-0.25, -0.2) is 0 Å². The molecule has 0 saturated heterocycles. The standard InChI is InChI=1S/C20H33N3O2/c1-7-16(4)23(17(5)8-2)20(25)14-22(6)13-19(24)21-18-11-9-15(3)10-12-18/h9-12,16-17H,7-8,13-14H2,1-6H3,(H,21,24)/p+1/t16-,17+. The lowest BCUT2D eigenvalue weighted by Crippen LogP contribution is -3.11. The second kappa shape index (κ2) is 10.2. The van der Waals surface area contributed by atoms with E-state index >= 15 is 0 Å². The van der Waals surface area contributed by atoms with Crippen LogP contribution < -0.4 is 10.2 Å². The predicted octanol–water partition coefficient (Wildman–Crippen LogP) is 1.87. The molecular formula is C20H34N3O2+. The molecule has 1 unspecified atom stereocenters. The second-order valence-corrected chi connectivity index (χ2v) is 7.04. The summed E-state index contributed by atoms with van der Waals surface area (Å²) in [5.74, 6) is 0.0390. The maximum atomic E-state index is 12.7. The molecule has 5 heteroatoms. The number of anilines is 1. The first-order chi connectivity index (χ1) is 11.8. The van der Waals surface area contributed by atoms with Crippen molar-refractivity contribution >= 4 is 17.5 Å². The quantitative estimate of drug-likeness (QED) is 0.716. The van der Waals surface area contributed by atoms with E-state index in [4.69, 9.17) is 0 Å². The maximum Gasteiger partial charge on any atom is 0.279 e. The van der Waals surface area contributed by atoms with Gasteiger partial charge in [0.15, 0.2) is 13.1 Å². The molecule has 1 rings (SSSR count). The van der Waals surface area contributed by atoms with Gasteiger partial charge in [-0.1, -0.05) is 31.5 Å². The number of hydrogen-bond acceptors (Lipinski definition) is 2. The van der Waals surface area contributed by atoms with Crippen molar-refractivity contribution in [2.75, 3.05) is 25.5 Å². The van der Waals surface area contributed by atoms with Crippen molar-refractivity contribution in [3.05, 3.63) is 29.8 Å². The largest absolute Gasteiger partial charge is 0.332 e. The van der Waals surface area contributed by atoms with Gasteiger partial charge in [0, 0.05) is 17.8 Å². The van der Waals surface area contributed by atoms with Crippen LogP contribution in [0.15, 0.2) is 24.3 Å². The van der Waals surface area contributed by atoms with E-state index in [9.17, 15) is 9.59 Å². The van der Waals surface area contributed by atoms with Crippen molar-refractivity contribution in [2.45, 2.75) is 59.5 Å². The maximum absolute atomic E-state index is 12.7. The Bertz CT molecular complexity index is 547. The van der Waals surface area contributed by atoms with Gasteiger partial charge in [-0.05, 0) is 45.7 Å². The minimum Gasteiger partial charge on any atom is -0.332 e. The number of nitrogens with zero attached hydrogens (tertiary/aromatic N) is 1. The number of nitrogens with one attached hydrogen (secondary N) is 2. The van der Waals surface area contributed by atoms with E-state index in [2.05, 4.69) is 33.0 Å². The monoisotopic (exact) mass is 348 g/mol. The lowest BCUT2D eigenvalue weighted by molar-refractivity contribution is -0.862. The van der Waals surface area contributed by atoms with Crippen LogP contribution in [0.3, 0.4) is 0 Å². The molecule has 2 amide bonds. The van der Waals surface area contributed by atoms with Crippen molar-refractivity contribution in [3.8, 4) is 0 Å². The molecule has 0 aliphatic heterocycles. The summed E-state index contributed by atoms with van der Waals surface area (Å²) in [7, 11) is 1.89. The van der Waals surface area contributed by atoms with Crippen LogP contribution in [-0.4, -0.2) is 48.9 Å². The lowest BCUT2D eigenvalue weighted by Gasteiger charge is -2.34. The Hall–Kier alpha value is -1.88. The molecule has 0 radical (unpaired) electrons. The lowest BCUT2D eigenvalue weighted by atomic mass is 10.1. The highest BCUT2D eigenvalue weighted by Gasteiger charge is 2.26. The Balaban J connectivity index is 2.58. The molecule has 1 aromatic carbocycles. The van der Waals surface area contributed by atoms with Crippen LogP contribution in [0.4, 0.5) is 5.69 Å². The fraction of sp³-hybridized carbons (Fsp3) is 0.600. The molecule has 1 aromatic rings. The first-order valence-corrected chi connectivity index (χ1v) is 9.27. The molecule has 0 aromatic heterocycles. The van der Waals surface area contributed by atoms with Crippen LogP contribution in [0.25, 0.3) is 0 Å². The molecule has 0 saturated carbocycles. The molecule has 0 fully saturated rings. The smallest absolute Gasteiger partial charge is 0.279 e. The highest BCUT2D eigenvalue weighted by atomic mass is 16.2. The Morgan fingerprint density at radius 2 is 1.56 bits per heavy atom. The minimum atomic E-state index is -0.0761. The molecule has 0 aliphatic carbocycles. The molecular weight excluding hydrogens is 314 g/mol. The summed E-state index contributed by atoms with van der Waals surface area (Å²) in [5.41, 5.74) is 1.94. The molecule has 2 N–H and O–H groups in total. The first-order valence-electron chi connectivity index (χ1n) is 9.27. The van der Waals surface area contributed by atoms with Crippen LogP contribution in [0.5, 0.6) is 0 Å². The third kappa shape index (κ3) is 6.86. The number of aryl methyl sites for hydroxylation is 1. The van der Waals surface area contributed by atoms with Crippen molar-refractivity contribution < 1.29 is 14.5 Å². The summed E-state index contributed by atoms with van der Waals surface area (Å²) in [4.78, 5) is 27.8. The zero-order chi connectivity index (χ0) is 19.0. The van der Waals surface area contributed by atoms with Gasteiger partial charge in [0.05, 0.1) is 7.05 Å². The average molecular weight is 349 g/mol. The van der Waals surface area contributed by atoms with Gasteiger partial charge in [0.1, 0.15) is 0 Å². The van der Waals surface area contributed by atoms with E-state index < -0.39 is 0 Å². The van der Waals surface area contributed by atoms with Crippen LogP contribution in [0.1, 0.15) is 46.1 Å². The average Bonchev–Trinajstić information content (AvgIpc) is 2.56. The van der Waals surface area contributed by atoms with Crippen LogP contribution in [0, 0.1) is 6.92 Å². The molecule has 0 bridgehead atoms.